The van der Waals surface area contributed by atoms with Crippen molar-refractivity contribution in [3.63, 3.8) is 0 Å². The van der Waals surface area contributed by atoms with Gasteiger partial charge in [-0.3, -0.25) is 0 Å². The van der Waals surface area contributed by atoms with E-state index >= 15 is 0 Å². The number of primary amides is 1. The minimum Gasteiger partial charge on any atom is -0.491 e. The highest BCUT2D eigenvalue weighted by Gasteiger charge is 2.27. The molecule has 0 spiro atoms. The number of ether oxygens (including phenoxy) is 2. The van der Waals surface area contributed by atoms with Crippen LogP contribution < -0.4 is 15.8 Å². The Hall–Kier alpha value is -1.57. The van der Waals surface area contributed by atoms with Gasteiger partial charge in [-0.15, -0.1) is 0 Å². The maximum atomic E-state index is 13.3. The minimum atomic E-state index is -0.765. The normalized spacial score (nSPS) is 21.9. The van der Waals surface area contributed by atoms with Crippen molar-refractivity contribution in [1.29, 1.82) is 0 Å². The lowest BCUT2D eigenvalue weighted by atomic mass is 10.2. The van der Waals surface area contributed by atoms with Crippen LogP contribution in [-0.2, 0) is 4.74 Å². The third-order valence-corrected chi connectivity index (χ3v) is 3.95. The Kier molecular flexibility index (Phi) is 6.44. The molecule has 0 radical (unpaired) electrons. The smallest absolute Gasteiger partial charge is 0.404 e. The number of aliphatic hydroxyl groups excluding tert-OH is 1. The maximum absolute atomic E-state index is 13.3. The first-order valence-electron chi connectivity index (χ1n) is 7.39. The average molecular weight is 347 g/mol. The molecule has 0 bridgehead atoms. The van der Waals surface area contributed by atoms with Crippen molar-refractivity contribution in [2.45, 2.75) is 37.5 Å². The van der Waals surface area contributed by atoms with Gasteiger partial charge in [0.15, 0.2) is 0 Å². The standard InChI is InChI=1S/C15H20ClFN2O4/c16-13-4-3-11(6-14(13)17)22-8-10(20)7-19-9-1-2-12(5-9)23-15(18)21/h3-4,6,9-10,12,19-20H,1-2,5,7-8H2,(H2,18,21)/t9-,10+,12?/m0/s1. The van der Waals surface area contributed by atoms with Crippen molar-refractivity contribution in [1.82, 2.24) is 5.32 Å². The van der Waals surface area contributed by atoms with Crippen LogP contribution in [0, 0.1) is 5.82 Å². The van der Waals surface area contributed by atoms with Crippen LogP contribution in [-0.4, -0.2) is 42.6 Å². The highest BCUT2D eigenvalue weighted by atomic mass is 35.5. The van der Waals surface area contributed by atoms with Gasteiger partial charge in [-0.1, -0.05) is 11.6 Å². The van der Waals surface area contributed by atoms with Gasteiger partial charge in [0.1, 0.15) is 30.4 Å². The van der Waals surface area contributed by atoms with Gasteiger partial charge in [-0.25, -0.2) is 9.18 Å². The SMILES string of the molecule is NC(=O)OC1CC[C@H](NC[C@@H](O)COc2ccc(Cl)c(F)c2)C1. The summed E-state index contributed by atoms with van der Waals surface area (Å²) in [6.45, 7) is 0.353. The molecule has 0 saturated heterocycles. The summed E-state index contributed by atoms with van der Waals surface area (Å²) in [4.78, 5) is 10.7. The molecule has 1 amide bonds. The Morgan fingerprint density at radius 2 is 2.30 bits per heavy atom. The zero-order valence-electron chi connectivity index (χ0n) is 12.5. The van der Waals surface area contributed by atoms with Crippen LogP contribution in [0.5, 0.6) is 5.75 Å². The topological polar surface area (TPSA) is 93.8 Å². The predicted octanol–water partition coefficient (Wildman–Crippen LogP) is 1.82. The van der Waals surface area contributed by atoms with Crippen LogP contribution in [0.4, 0.5) is 9.18 Å². The van der Waals surface area contributed by atoms with Crippen molar-refractivity contribution >= 4 is 17.7 Å². The number of amides is 1. The van der Waals surface area contributed by atoms with Gasteiger partial charge in [0.2, 0.25) is 0 Å². The molecule has 6 nitrogen and oxygen atoms in total. The molecule has 8 heteroatoms. The Balaban J connectivity index is 1.66. The number of rotatable bonds is 7. The Morgan fingerprint density at radius 1 is 1.52 bits per heavy atom. The van der Waals surface area contributed by atoms with E-state index in [0.717, 1.165) is 12.8 Å². The predicted molar refractivity (Wildman–Crippen MR) is 83.0 cm³/mol. The fraction of sp³-hybridized carbons (Fsp3) is 0.533. The number of carbonyl (C=O) groups is 1. The van der Waals surface area contributed by atoms with Gasteiger partial charge in [0, 0.05) is 18.7 Å². The molecular formula is C15H20ClFN2O4. The van der Waals surface area contributed by atoms with Gasteiger partial charge in [0.25, 0.3) is 0 Å². The third-order valence-electron chi connectivity index (χ3n) is 3.64. The second-order valence-electron chi connectivity index (χ2n) is 5.52. The van der Waals surface area contributed by atoms with E-state index in [1.54, 1.807) is 0 Å². The molecule has 1 aromatic rings. The number of carbonyl (C=O) groups excluding carboxylic acids is 1. The zero-order chi connectivity index (χ0) is 16.8. The molecule has 23 heavy (non-hydrogen) atoms. The summed E-state index contributed by atoms with van der Waals surface area (Å²) in [6, 6.07) is 4.26. The fourth-order valence-corrected chi connectivity index (χ4v) is 2.64. The van der Waals surface area contributed by atoms with Crippen molar-refractivity contribution in [2.24, 2.45) is 5.73 Å². The van der Waals surface area contributed by atoms with Crippen LogP contribution in [0.25, 0.3) is 0 Å². The largest absolute Gasteiger partial charge is 0.491 e. The Bertz CT molecular complexity index is 546. The molecule has 0 heterocycles. The molecule has 1 fully saturated rings. The van der Waals surface area contributed by atoms with Crippen molar-refractivity contribution in [3.05, 3.63) is 29.0 Å². The van der Waals surface area contributed by atoms with E-state index in [0.29, 0.717) is 18.7 Å². The summed E-state index contributed by atoms with van der Waals surface area (Å²) in [5.41, 5.74) is 4.98. The molecule has 0 aromatic heterocycles. The molecule has 1 aliphatic carbocycles. The summed E-state index contributed by atoms with van der Waals surface area (Å²) in [5, 5.41) is 13.1. The molecular weight excluding hydrogens is 327 g/mol. The van der Waals surface area contributed by atoms with E-state index in [2.05, 4.69) is 5.32 Å². The van der Waals surface area contributed by atoms with Crippen molar-refractivity contribution in [2.75, 3.05) is 13.2 Å². The fourth-order valence-electron chi connectivity index (χ4n) is 2.52. The number of hydrogen-bond donors (Lipinski definition) is 3. The lowest BCUT2D eigenvalue weighted by molar-refractivity contribution is 0.0985. The van der Waals surface area contributed by atoms with Crippen molar-refractivity contribution in [3.8, 4) is 5.75 Å². The van der Waals surface area contributed by atoms with Gasteiger partial charge < -0.3 is 25.6 Å². The first-order valence-corrected chi connectivity index (χ1v) is 7.77. The van der Waals surface area contributed by atoms with E-state index in [-0.39, 0.29) is 23.8 Å². The molecule has 0 aliphatic heterocycles. The second-order valence-corrected chi connectivity index (χ2v) is 5.93. The van der Waals surface area contributed by atoms with E-state index < -0.39 is 18.0 Å². The molecule has 1 saturated carbocycles. The highest BCUT2D eigenvalue weighted by molar-refractivity contribution is 6.30. The Morgan fingerprint density at radius 3 is 3.00 bits per heavy atom. The van der Waals surface area contributed by atoms with E-state index in [1.165, 1.54) is 18.2 Å². The van der Waals surface area contributed by atoms with Crippen LogP contribution in [0.15, 0.2) is 18.2 Å². The number of nitrogens with two attached hydrogens (primary N) is 1. The number of nitrogens with one attached hydrogen (secondary N) is 1. The molecule has 4 N–H and O–H groups in total. The first kappa shape index (κ1) is 17.8. The summed E-state index contributed by atoms with van der Waals surface area (Å²) >= 11 is 5.58. The van der Waals surface area contributed by atoms with Gasteiger partial charge in [-0.05, 0) is 31.4 Å². The number of benzene rings is 1. The minimum absolute atomic E-state index is 0.0218. The van der Waals surface area contributed by atoms with Crippen LogP contribution in [0.3, 0.4) is 0 Å². The lowest BCUT2D eigenvalue weighted by Crippen LogP contribution is -2.37. The summed E-state index contributed by atoms with van der Waals surface area (Å²) in [7, 11) is 0. The summed E-state index contributed by atoms with van der Waals surface area (Å²) in [5.74, 6) is -0.259. The third kappa shape index (κ3) is 5.85. The van der Waals surface area contributed by atoms with Gasteiger partial charge in [0.05, 0.1) is 5.02 Å². The van der Waals surface area contributed by atoms with Crippen LogP contribution in [0.2, 0.25) is 5.02 Å². The molecule has 1 unspecified atom stereocenters. The van der Waals surface area contributed by atoms with E-state index in [1.807, 2.05) is 0 Å². The first-order chi connectivity index (χ1) is 10.9. The van der Waals surface area contributed by atoms with Gasteiger partial charge in [-0.2, -0.15) is 0 Å². The maximum Gasteiger partial charge on any atom is 0.404 e. The van der Waals surface area contributed by atoms with E-state index in [9.17, 15) is 14.3 Å². The monoisotopic (exact) mass is 346 g/mol. The summed E-state index contributed by atoms with van der Waals surface area (Å²) < 4.78 is 23.5. The second kappa shape index (κ2) is 8.33. The van der Waals surface area contributed by atoms with Crippen molar-refractivity contribution < 1.29 is 23.8 Å². The zero-order valence-corrected chi connectivity index (χ0v) is 13.3. The van der Waals surface area contributed by atoms with E-state index in [4.69, 9.17) is 26.8 Å². The average Bonchev–Trinajstić information content (AvgIpc) is 2.93. The van der Waals surface area contributed by atoms with Crippen LogP contribution >= 0.6 is 11.6 Å². The molecule has 3 atom stereocenters. The molecule has 2 rings (SSSR count). The molecule has 1 aliphatic rings. The highest BCUT2D eigenvalue weighted by Crippen LogP contribution is 2.22. The number of aliphatic hydroxyl groups is 1. The number of hydrogen-bond acceptors (Lipinski definition) is 5. The quantitative estimate of drug-likeness (QED) is 0.700. The van der Waals surface area contributed by atoms with Gasteiger partial charge >= 0.3 is 6.09 Å². The lowest BCUT2D eigenvalue weighted by Gasteiger charge is -2.17. The summed E-state index contributed by atoms with van der Waals surface area (Å²) in [6.07, 6.45) is 0.573. The molecule has 1 aromatic carbocycles. The van der Waals surface area contributed by atoms with Crippen LogP contribution in [0.1, 0.15) is 19.3 Å². The Labute approximate surface area is 138 Å². The number of halogens is 2. The molecule has 128 valence electrons.